The van der Waals surface area contributed by atoms with Crippen molar-refractivity contribution in [3.63, 3.8) is 0 Å². The first-order valence-electron chi connectivity index (χ1n) is 5.10. The molecule has 1 aromatic heterocycles. The van der Waals surface area contributed by atoms with Crippen LogP contribution in [0.1, 0.15) is 23.5 Å². The van der Waals surface area contributed by atoms with Crippen LogP contribution in [0.25, 0.3) is 0 Å². The van der Waals surface area contributed by atoms with Crippen LogP contribution in [-0.4, -0.2) is 28.9 Å². The second-order valence-electron chi connectivity index (χ2n) is 3.90. The van der Waals surface area contributed by atoms with Crippen molar-refractivity contribution < 1.29 is 0 Å². The molecule has 2 N–H and O–H groups in total. The van der Waals surface area contributed by atoms with Crippen LogP contribution in [0.15, 0.2) is 10.4 Å². The van der Waals surface area contributed by atoms with E-state index in [0.29, 0.717) is 18.5 Å². The average Bonchev–Trinajstić information content (AvgIpc) is 2.98. The van der Waals surface area contributed by atoms with Crippen LogP contribution in [0.4, 0.5) is 0 Å². The lowest BCUT2D eigenvalue weighted by Gasteiger charge is -2.16. The van der Waals surface area contributed by atoms with Gasteiger partial charge in [0.25, 0.3) is 0 Å². The molecule has 0 amide bonds. The molecule has 2 rings (SSSR count). The van der Waals surface area contributed by atoms with Gasteiger partial charge in [-0.2, -0.15) is 0 Å². The molecule has 1 fully saturated rings. The molecule has 0 radical (unpaired) electrons. The van der Waals surface area contributed by atoms with Gasteiger partial charge in [0, 0.05) is 24.2 Å². The van der Waals surface area contributed by atoms with Crippen molar-refractivity contribution in [2.75, 3.05) is 7.05 Å². The van der Waals surface area contributed by atoms with E-state index in [4.69, 9.17) is 5.73 Å². The van der Waals surface area contributed by atoms with Crippen LogP contribution in [-0.2, 0) is 6.54 Å². The second-order valence-corrected chi connectivity index (χ2v) is 4.84. The molecule has 0 bridgehead atoms. The van der Waals surface area contributed by atoms with Gasteiger partial charge < -0.3 is 10.6 Å². The first kappa shape index (κ1) is 10.4. The molecule has 0 atom stereocenters. The van der Waals surface area contributed by atoms with Gasteiger partial charge in [-0.3, -0.25) is 0 Å². The highest BCUT2D eigenvalue weighted by Gasteiger charge is 2.27. The molecule has 82 valence electrons. The van der Waals surface area contributed by atoms with E-state index in [0.717, 1.165) is 10.7 Å². The summed E-state index contributed by atoms with van der Waals surface area (Å²) in [6.45, 7) is 2.59. The van der Waals surface area contributed by atoms with E-state index in [1.54, 1.807) is 11.3 Å². The number of nitrogens with zero attached hydrogens (tertiary/aromatic N) is 3. The van der Waals surface area contributed by atoms with Gasteiger partial charge in [0.15, 0.2) is 5.96 Å². The van der Waals surface area contributed by atoms with Gasteiger partial charge in [-0.05, 0) is 19.8 Å². The Kier molecular flexibility index (Phi) is 2.90. The molecular formula is C10H16N4S. The Bertz CT molecular complexity index is 367. The predicted octanol–water partition coefficient (Wildman–Crippen LogP) is 1.36. The van der Waals surface area contributed by atoms with E-state index in [1.807, 2.05) is 19.4 Å². The lowest BCUT2D eigenvalue weighted by atomic mass is 10.5. The predicted molar refractivity (Wildman–Crippen MR) is 63.0 cm³/mol. The fraction of sp³-hybridized carbons (Fsp3) is 0.600. The summed E-state index contributed by atoms with van der Waals surface area (Å²) in [6.07, 6.45) is 2.48. The van der Waals surface area contributed by atoms with Crippen molar-refractivity contribution in [1.82, 2.24) is 9.88 Å². The van der Waals surface area contributed by atoms with Crippen LogP contribution in [0.5, 0.6) is 0 Å². The lowest BCUT2D eigenvalue weighted by molar-refractivity contribution is 0.487. The third kappa shape index (κ3) is 2.68. The summed E-state index contributed by atoms with van der Waals surface area (Å²) in [5.41, 5.74) is 6.92. The van der Waals surface area contributed by atoms with Gasteiger partial charge in [0.1, 0.15) is 5.01 Å². The van der Waals surface area contributed by atoms with Crippen LogP contribution in [0, 0.1) is 6.92 Å². The summed E-state index contributed by atoms with van der Waals surface area (Å²) in [4.78, 5) is 10.7. The van der Waals surface area contributed by atoms with Gasteiger partial charge >= 0.3 is 0 Å². The second kappa shape index (κ2) is 4.18. The molecule has 0 unspecified atom stereocenters. The van der Waals surface area contributed by atoms with E-state index >= 15 is 0 Å². The number of thiazole rings is 1. The van der Waals surface area contributed by atoms with Gasteiger partial charge in [-0.25, -0.2) is 9.98 Å². The highest BCUT2D eigenvalue weighted by atomic mass is 32.1. The maximum Gasteiger partial charge on any atom is 0.191 e. The van der Waals surface area contributed by atoms with E-state index < -0.39 is 0 Å². The highest BCUT2D eigenvalue weighted by Crippen LogP contribution is 2.24. The Morgan fingerprint density at radius 1 is 1.73 bits per heavy atom. The molecule has 1 aromatic rings. The molecule has 0 aromatic carbocycles. The summed E-state index contributed by atoms with van der Waals surface area (Å²) in [5.74, 6) is 0.630. The van der Waals surface area contributed by atoms with Crippen LogP contribution < -0.4 is 5.73 Å². The molecule has 1 heterocycles. The first-order valence-corrected chi connectivity index (χ1v) is 5.98. The zero-order valence-corrected chi connectivity index (χ0v) is 9.92. The van der Waals surface area contributed by atoms with Crippen molar-refractivity contribution in [2.45, 2.75) is 32.4 Å². The van der Waals surface area contributed by atoms with Crippen LogP contribution in [0.3, 0.4) is 0 Å². The number of aryl methyl sites for hydroxylation is 1. The minimum Gasteiger partial charge on any atom is -0.370 e. The molecule has 0 aliphatic heterocycles. The van der Waals surface area contributed by atoms with Crippen molar-refractivity contribution >= 4 is 17.3 Å². The standard InChI is InChI=1S/C10H16N4S/c1-7-6-15-9(13-7)5-12-10(11)14(2)8-3-4-8/h6,8H,3-5H2,1-2H3,(H2,11,12). The molecule has 0 saturated heterocycles. The number of aliphatic imine (C=N–C) groups is 1. The van der Waals surface area contributed by atoms with Crippen molar-refractivity contribution in [2.24, 2.45) is 10.7 Å². The molecular weight excluding hydrogens is 208 g/mol. The average molecular weight is 224 g/mol. The van der Waals surface area contributed by atoms with Gasteiger partial charge in [0.05, 0.1) is 6.54 Å². The van der Waals surface area contributed by atoms with Gasteiger partial charge in [-0.1, -0.05) is 0 Å². The fourth-order valence-corrected chi connectivity index (χ4v) is 2.08. The Hall–Kier alpha value is -1.10. The summed E-state index contributed by atoms with van der Waals surface area (Å²) >= 11 is 1.63. The smallest absolute Gasteiger partial charge is 0.191 e. The zero-order chi connectivity index (χ0) is 10.8. The Balaban J connectivity index is 1.92. The topological polar surface area (TPSA) is 54.5 Å². The third-order valence-corrected chi connectivity index (χ3v) is 3.45. The number of guanidine groups is 1. The van der Waals surface area contributed by atoms with Gasteiger partial charge in [0.2, 0.25) is 0 Å². The Labute approximate surface area is 93.8 Å². The molecule has 1 aliphatic carbocycles. The van der Waals surface area contributed by atoms with Crippen molar-refractivity contribution in [3.05, 3.63) is 16.1 Å². The number of aromatic nitrogens is 1. The van der Waals surface area contributed by atoms with Crippen molar-refractivity contribution in [3.8, 4) is 0 Å². The molecule has 15 heavy (non-hydrogen) atoms. The quantitative estimate of drug-likeness (QED) is 0.623. The largest absolute Gasteiger partial charge is 0.370 e. The molecule has 0 spiro atoms. The summed E-state index contributed by atoms with van der Waals surface area (Å²) in [5, 5.41) is 3.06. The fourth-order valence-electron chi connectivity index (χ4n) is 1.38. The molecule has 1 saturated carbocycles. The van der Waals surface area contributed by atoms with Crippen LogP contribution in [0.2, 0.25) is 0 Å². The maximum absolute atomic E-state index is 5.87. The number of hydrogen-bond acceptors (Lipinski definition) is 3. The summed E-state index contributed by atoms with van der Waals surface area (Å²) < 4.78 is 0. The monoisotopic (exact) mass is 224 g/mol. The Morgan fingerprint density at radius 3 is 3.00 bits per heavy atom. The van der Waals surface area contributed by atoms with Crippen molar-refractivity contribution in [1.29, 1.82) is 0 Å². The van der Waals surface area contributed by atoms with Crippen LogP contribution >= 0.6 is 11.3 Å². The molecule has 4 nitrogen and oxygen atoms in total. The Morgan fingerprint density at radius 2 is 2.47 bits per heavy atom. The number of hydrogen-bond donors (Lipinski definition) is 1. The van der Waals surface area contributed by atoms with E-state index in [9.17, 15) is 0 Å². The minimum atomic E-state index is 0.599. The third-order valence-electron chi connectivity index (χ3n) is 2.50. The zero-order valence-electron chi connectivity index (χ0n) is 9.10. The van der Waals surface area contributed by atoms with E-state index in [1.165, 1.54) is 12.8 Å². The maximum atomic E-state index is 5.87. The summed E-state index contributed by atoms with van der Waals surface area (Å²) in [6, 6.07) is 0.617. The number of nitrogens with two attached hydrogens (primary N) is 1. The van der Waals surface area contributed by atoms with E-state index in [2.05, 4.69) is 14.9 Å². The van der Waals surface area contributed by atoms with E-state index in [-0.39, 0.29) is 0 Å². The first-order chi connectivity index (χ1) is 7.16. The number of rotatable bonds is 3. The molecule has 5 heteroatoms. The van der Waals surface area contributed by atoms with Gasteiger partial charge in [-0.15, -0.1) is 11.3 Å². The normalized spacial score (nSPS) is 16.8. The SMILES string of the molecule is Cc1csc(CN=C(N)N(C)C2CC2)n1. The molecule has 1 aliphatic rings. The highest BCUT2D eigenvalue weighted by molar-refractivity contribution is 7.09. The minimum absolute atomic E-state index is 0.599. The summed E-state index contributed by atoms with van der Waals surface area (Å²) in [7, 11) is 2.00. The lowest BCUT2D eigenvalue weighted by Crippen LogP contribution is -2.35.